The van der Waals surface area contributed by atoms with Crippen molar-refractivity contribution in [2.75, 3.05) is 11.5 Å². The number of nitrogens with zero attached hydrogens (tertiary/aromatic N) is 2. The van der Waals surface area contributed by atoms with Gasteiger partial charge in [0.15, 0.2) is 5.13 Å². The summed E-state index contributed by atoms with van der Waals surface area (Å²) in [4.78, 5) is 32.5. The fourth-order valence-corrected chi connectivity index (χ4v) is 5.18. The van der Waals surface area contributed by atoms with Crippen molar-refractivity contribution in [1.82, 2.24) is 4.98 Å². The standard InChI is InChI=1S/C27H22N2O5S/c1-3-34-19-11-12-20-21(14-19)35-27(28-20)29-23(17-5-4-6-18(30)13-17)22(25(32)26(29)33)24(31)16-9-7-15(2)8-10-16/h4-14,23,30-31H,3H2,1-2H3. The van der Waals surface area contributed by atoms with Gasteiger partial charge in [-0.3, -0.25) is 14.5 Å². The SMILES string of the molecule is CCOc1ccc2nc(N3C(=O)C(=O)C(=C(O)c4ccc(C)cc4)C3c3cccc(O)c3)sc2c1. The number of carbonyl (C=O) groups excluding carboxylic acids is 2. The smallest absolute Gasteiger partial charge is 0.301 e. The zero-order valence-corrected chi connectivity index (χ0v) is 19.9. The Kier molecular flexibility index (Phi) is 5.74. The molecule has 2 heterocycles. The van der Waals surface area contributed by atoms with Crippen LogP contribution in [0, 0.1) is 6.92 Å². The Bertz CT molecular complexity index is 1490. The van der Waals surface area contributed by atoms with Crippen molar-refractivity contribution in [2.24, 2.45) is 0 Å². The number of rotatable bonds is 5. The van der Waals surface area contributed by atoms with Gasteiger partial charge in [-0.05, 0) is 49.7 Å². The number of phenols is 1. The Labute approximate surface area is 205 Å². The molecule has 0 spiro atoms. The van der Waals surface area contributed by atoms with E-state index in [1.807, 2.05) is 32.0 Å². The topological polar surface area (TPSA) is 100.0 Å². The average Bonchev–Trinajstić information content (AvgIpc) is 3.37. The molecule has 1 fully saturated rings. The van der Waals surface area contributed by atoms with Crippen LogP contribution in [0.3, 0.4) is 0 Å². The number of aliphatic hydroxyl groups is 1. The minimum Gasteiger partial charge on any atom is -0.508 e. The van der Waals surface area contributed by atoms with E-state index in [0.717, 1.165) is 10.3 Å². The third kappa shape index (κ3) is 4.02. The van der Waals surface area contributed by atoms with Gasteiger partial charge in [-0.25, -0.2) is 4.98 Å². The second-order valence-electron chi connectivity index (χ2n) is 8.19. The highest BCUT2D eigenvalue weighted by atomic mass is 32.1. The quantitative estimate of drug-likeness (QED) is 0.225. The number of thiazole rings is 1. The molecule has 1 atom stereocenters. The first-order valence-corrected chi connectivity index (χ1v) is 11.9. The van der Waals surface area contributed by atoms with Crippen LogP contribution in [0.2, 0.25) is 0 Å². The van der Waals surface area contributed by atoms with Crippen LogP contribution >= 0.6 is 11.3 Å². The van der Waals surface area contributed by atoms with Crippen LogP contribution in [0.15, 0.2) is 72.3 Å². The summed E-state index contributed by atoms with van der Waals surface area (Å²) in [7, 11) is 0. The minimum absolute atomic E-state index is 0.0194. The van der Waals surface area contributed by atoms with Gasteiger partial charge in [0.25, 0.3) is 5.78 Å². The van der Waals surface area contributed by atoms with E-state index >= 15 is 0 Å². The van der Waals surface area contributed by atoms with Gasteiger partial charge in [0.2, 0.25) is 0 Å². The number of amides is 1. The number of aryl methyl sites for hydroxylation is 1. The summed E-state index contributed by atoms with van der Waals surface area (Å²) in [5, 5.41) is 21.6. The summed E-state index contributed by atoms with van der Waals surface area (Å²) in [5.74, 6) is -1.23. The highest BCUT2D eigenvalue weighted by Gasteiger charge is 2.48. The molecule has 2 N–H and O–H groups in total. The van der Waals surface area contributed by atoms with E-state index in [1.54, 1.807) is 36.4 Å². The third-order valence-corrected chi connectivity index (χ3v) is 6.84. The van der Waals surface area contributed by atoms with Crippen LogP contribution in [-0.4, -0.2) is 33.5 Å². The van der Waals surface area contributed by atoms with Crippen molar-refractivity contribution < 1.29 is 24.5 Å². The van der Waals surface area contributed by atoms with E-state index in [2.05, 4.69) is 4.98 Å². The molecule has 5 rings (SSSR count). The normalized spacial score (nSPS) is 17.3. The predicted molar refractivity (Wildman–Crippen MR) is 135 cm³/mol. The second kappa shape index (κ2) is 8.88. The van der Waals surface area contributed by atoms with Crippen LogP contribution in [-0.2, 0) is 9.59 Å². The van der Waals surface area contributed by atoms with Crippen molar-refractivity contribution in [3.63, 3.8) is 0 Å². The van der Waals surface area contributed by atoms with E-state index in [0.29, 0.717) is 34.1 Å². The zero-order valence-electron chi connectivity index (χ0n) is 19.1. The van der Waals surface area contributed by atoms with Gasteiger partial charge in [-0.2, -0.15) is 0 Å². The van der Waals surface area contributed by atoms with Crippen molar-refractivity contribution in [3.05, 3.63) is 89.0 Å². The van der Waals surface area contributed by atoms with E-state index in [9.17, 15) is 19.8 Å². The number of carbonyl (C=O) groups is 2. The van der Waals surface area contributed by atoms with Crippen molar-refractivity contribution >= 4 is 44.1 Å². The summed E-state index contributed by atoms with van der Waals surface area (Å²) in [6.07, 6.45) is 0. The van der Waals surface area contributed by atoms with Crippen LogP contribution in [0.25, 0.3) is 16.0 Å². The molecule has 0 bridgehead atoms. The highest BCUT2D eigenvalue weighted by Crippen LogP contribution is 2.45. The fourth-order valence-electron chi connectivity index (χ4n) is 4.16. The maximum absolute atomic E-state index is 13.3. The molecule has 7 nitrogen and oxygen atoms in total. The van der Waals surface area contributed by atoms with Crippen LogP contribution in [0.5, 0.6) is 11.5 Å². The number of aromatic hydroxyl groups is 1. The van der Waals surface area contributed by atoms with Crippen LogP contribution in [0.1, 0.15) is 29.7 Å². The first kappa shape index (κ1) is 22.6. The number of hydrogen-bond acceptors (Lipinski definition) is 7. The molecule has 1 saturated heterocycles. The van der Waals surface area contributed by atoms with Gasteiger partial charge in [0, 0.05) is 5.56 Å². The van der Waals surface area contributed by atoms with E-state index in [-0.39, 0.29) is 17.1 Å². The number of fused-ring (bicyclic) bond motifs is 1. The molecule has 0 aliphatic carbocycles. The predicted octanol–water partition coefficient (Wildman–Crippen LogP) is 5.34. The lowest BCUT2D eigenvalue weighted by atomic mass is 9.95. The average molecular weight is 487 g/mol. The van der Waals surface area contributed by atoms with Crippen molar-refractivity contribution in [3.8, 4) is 11.5 Å². The van der Waals surface area contributed by atoms with E-state index in [1.165, 1.54) is 28.4 Å². The lowest BCUT2D eigenvalue weighted by molar-refractivity contribution is -0.132. The number of ether oxygens (including phenoxy) is 1. The first-order chi connectivity index (χ1) is 16.9. The molecule has 35 heavy (non-hydrogen) atoms. The molecule has 3 aromatic carbocycles. The maximum atomic E-state index is 13.3. The number of anilines is 1. The van der Waals surface area contributed by atoms with Crippen LogP contribution in [0.4, 0.5) is 5.13 Å². The Morgan fingerprint density at radius 1 is 1.09 bits per heavy atom. The minimum atomic E-state index is -0.963. The Morgan fingerprint density at radius 2 is 1.86 bits per heavy atom. The molecule has 1 unspecified atom stereocenters. The summed E-state index contributed by atoms with van der Waals surface area (Å²) in [6, 6.07) is 17.8. The molecule has 0 radical (unpaired) electrons. The summed E-state index contributed by atoms with van der Waals surface area (Å²) in [6.45, 7) is 4.33. The highest BCUT2D eigenvalue weighted by molar-refractivity contribution is 7.22. The fraction of sp³-hybridized carbons (Fsp3) is 0.148. The summed E-state index contributed by atoms with van der Waals surface area (Å²) in [5.41, 5.74) is 2.49. The Balaban J connectivity index is 1.70. The summed E-state index contributed by atoms with van der Waals surface area (Å²) >= 11 is 1.25. The molecule has 0 saturated carbocycles. The summed E-state index contributed by atoms with van der Waals surface area (Å²) < 4.78 is 6.36. The monoisotopic (exact) mass is 486 g/mol. The van der Waals surface area contributed by atoms with E-state index in [4.69, 9.17) is 4.74 Å². The van der Waals surface area contributed by atoms with Gasteiger partial charge >= 0.3 is 5.91 Å². The number of benzene rings is 3. The van der Waals surface area contributed by atoms with Gasteiger partial charge in [0.1, 0.15) is 17.3 Å². The van der Waals surface area contributed by atoms with Crippen molar-refractivity contribution in [1.29, 1.82) is 0 Å². The van der Waals surface area contributed by atoms with Gasteiger partial charge < -0.3 is 14.9 Å². The number of aromatic nitrogens is 1. The molecule has 1 aliphatic rings. The van der Waals surface area contributed by atoms with Gasteiger partial charge in [-0.15, -0.1) is 0 Å². The lowest BCUT2D eigenvalue weighted by Gasteiger charge is -2.23. The number of phenolic OH excluding ortho intramolecular Hbond substituents is 1. The molecule has 1 aliphatic heterocycles. The first-order valence-electron chi connectivity index (χ1n) is 11.1. The number of aliphatic hydroxyl groups excluding tert-OH is 1. The Hall–Kier alpha value is -4.17. The molecule has 176 valence electrons. The van der Waals surface area contributed by atoms with Crippen LogP contribution < -0.4 is 9.64 Å². The molecule has 8 heteroatoms. The molecule has 1 aromatic heterocycles. The number of hydrogen-bond donors (Lipinski definition) is 2. The van der Waals surface area contributed by atoms with Crippen molar-refractivity contribution in [2.45, 2.75) is 19.9 Å². The van der Waals surface area contributed by atoms with Gasteiger partial charge in [-0.1, -0.05) is 53.3 Å². The second-order valence-corrected chi connectivity index (χ2v) is 9.20. The number of Topliss-reactive ketones (excluding diaryl/α,β-unsaturated/α-hetero) is 1. The Morgan fingerprint density at radius 3 is 2.57 bits per heavy atom. The molecular weight excluding hydrogens is 464 g/mol. The molecule has 1 amide bonds. The van der Waals surface area contributed by atoms with E-state index < -0.39 is 17.7 Å². The lowest BCUT2D eigenvalue weighted by Crippen LogP contribution is -2.29. The number of ketones is 1. The molecular formula is C27H22N2O5S. The molecule has 4 aromatic rings. The zero-order chi connectivity index (χ0) is 24.7. The third-order valence-electron chi connectivity index (χ3n) is 5.82. The maximum Gasteiger partial charge on any atom is 0.301 e. The van der Waals surface area contributed by atoms with Gasteiger partial charge in [0.05, 0.1) is 28.4 Å². The largest absolute Gasteiger partial charge is 0.508 e.